The number of rotatable bonds is 2. The van der Waals surface area contributed by atoms with Gasteiger partial charge in [0.25, 0.3) is 0 Å². The Kier molecular flexibility index (Phi) is 3.49. The van der Waals surface area contributed by atoms with Gasteiger partial charge in [-0.25, -0.2) is 0 Å². The molecule has 1 heterocycles. The van der Waals surface area contributed by atoms with Crippen molar-refractivity contribution < 1.29 is 0 Å². The molecule has 0 N–H and O–H groups in total. The highest BCUT2D eigenvalue weighted by molar-refractivity contribution is 6.08. The van der Waals surface area contributed by atoms with Crippen LogP contribution >= 0.6 is 0 Å². The van der Waals surface area contributed by atoms with Gasteiger partial charge in [-0.2, -0.15) is 0 Å². The molecule has 0 atom stereocenters. The van der Waals surface area contributed by atoms with Crippen LogP contribution in [0, 0.1) is 0 Å². The molecule has 5 aromatic rings. The van der Waals surface area contributed by atoms with Crippen molar-refractivity contribution >= 4 is 21.8 Å². The van der Waals surface area contributed by atoms with Crippen molar-refractivity contribution in [3.63, 3.8) is 0 Å². The molecule has 0 bridgehead atoms. The Morgan fingerprint density at radius 2 is 1.21 bits per heavy atom. The standard InChI is InChI=1S/C28H23N/c1-18(2)29-26-14-8-7-11-22(26)25-17-19(15-16-27(25)29)28-23-12-5-3-9-20(23)21-10-4-6-13-24(21)28/h3-18,28H,1-2H3. The van der Waals surface area contributed by atoms with Crippen LogP contribution in [-0.2, 0) is 0 Å². The van der Waals surface area contributed by atoms with Crippen LogP contribution in [-0.4, -0.2) is 4.57 Å². The van der Waals surface area contributed by atoms with E-state index >= 15 is 0 Å². The zero-order valence-electron chi connectivity index (χ0n) is 16.8. The fraction of sp³-hybridized carbons (Fsp3) is 0.143. The van der Waals surface area contributed by atoms with Crippen molar-refractivity contribution in [1.29, 1.82) is 0 Å². The summed E-state index contributed by atoms with van der Waals surface area (Å²) < 4.78 is 2.46. The third-order valence-electron chi connectivity index (χ3n) is 6.42. The summed E-state index contributed by atoms with van der Waals surface area (Å²) in [5.74, 6) is 0.299. The van der Waals surface area contributed by atoms with Crippen molar-refractivity contribution in [3.8, 4) is 11.1 Å². The number of hydrogen-bond donors (Lipinski definition) is 0. The molecule has 29 heavy (non-hydrogen) atoms. The van der Waals surface area contributed by atoms with Crippen LogP contribution < -0.4 is 0 Å². The Labute approximate surface area is 171 Å². The van der Waals surface area contributed by atoms with E-state index in [4.69, 9.17) is 0 Å². The number of para-hydroxylation sites is 1. The summed E-state index contributed by atoms with van der Waals surface area (Å²) in [7, 11) is 0. The average molecular weight is 373 g/mol. The van der Waals surface area contributed by atoms with Gasteiger partial charge in [-0.05, 0) is 59.9 Å². The summed E-state index contributed by atoms with van der Waals surface area (Å²) in [6.07, 6.45) is 0. The SMILES string of the molecule is CC(C)n1c2ccccc2c2cc(C3c4ccccc4-c4ccccc43)ccc21. The number of hydrogen-bond acceptors (Lipinski definition) is 0. The van der Waals surface area contributed by atoms with Gasteiger partial charge in [-0.1, -0.05) is 72.8 Å². The number of aromatic nitrogens is 1. The van der Waals surface area contributed by atoms with Gasteiger partial charge in [0.1, 0.15) is 0 Å². The summed E-state index contributed by atoms with van der Waals surface area (Å²) in [6, 6.07) is 34.1. The summed E-state index contributed by atoms with van der Waals surface area (Å²) in [6.45, 7) is 4.53. The monoisotopic (exact) mass is 373 g/mol. The fourth-order valence-corrected chi connectivity index (χ4v) is 5.27. The highest BCUT2D eigenvalue weighted by Gasteiger charge is 2.29. The highest BCUT2D eigenvalue weighted by atomic mass is 15.0. The van der Waals surface area contributed by atoms with E-state index in [0.29, 0.717) is 12.0 Å². The molecule has 0 saturated carbocycles. The highest BCUT2D eigenvalue weighted by Crippen LogP contribution is 2.48. The first-order valence-electron chi connectivity index (χ1n) is 10.4. The van der Waals surface area contributed by atoms with Crippen molar-refractivity contribution in [3.05, 3.63) is 108 Å². The van der Waals surface area contributed by atoms with Crippen LogP contribution in [0.15, 0.2) is 91.0 Å². The molecule has 0 spiro atoms. The first kappa shape index (κ1) is 16.6. The predicted molar refractivity (Wildman–Crippen MR) is 123 cm³/mol. The third-order valence-corrected chi connectivity index (χ3v) is 6.42. The Hall–Kier alpha value is -3.32. The van der Waals surface area contributed by atoms with Gasteiger partial charge < -0.3 is 4.57 Å². The molecule has 0 radical (unpaired) electrons. The van der Waals surface area contributed by atoms with Gasteiger partial charge in [-0.3, -0.25) is 0 Å². The second-order valence-corrected chi connectivity index (χ2v) is 8.36. The van der Waals surface area contributed by atoms with E-state index in [-0.39, 0.29) is 0 Å². The molecule has 1 aliphatic carbocycles. The Balaban J connectivity index is 1.65. The molecule has 1 nitrogen and oxygen atoms in total. The van der Waals surface area contributed by atoms with Gasteiger partial charge in [0.2, 0.25) is 0 Å². The molecule has 1 heteroatoms. The molecular weight excluding hydrogens is 350 g/mol. The van der Waals surface area contributed by atoms with Gasteiger partial charge in [0, 0.05) is 33.8 Å². The van der Waals surface area contributed by atoms with E-state index in [1.54, 1.807) is 0 Å². The van der Waals surface area contributed by atoms with Crippen molar-refractivity contribution in [2.45, 2.75) is 25.8 Å². The molecule has 0 amide bonds. The van der Waals surface area contributed by atoms with Gasteiger partial charge in [-0.15, -0.1) is 0 Å². The zero-order chi connectivity index (χ0) is 19.5. The third kappa shape index (κ3) is 2.28. The van der Waals surface area contributed by atoms with Gasteiger partial charge in [0.05, 0.1) is 0 Å². The second-order valence-electron chi connectivity index (χ2n) is 8.36. The van der Waals surface area contributed by atoms with E-state index in [1.165, 1.54) is 49.6 Å². The van der Waals surface area contributed by atoms with E-state index in [9.17, 15) is 0 Å². The molecule has 140 valence electrons. The topological polar surface area (TPSA) is 4.93 Å². The van der Waals surface area contributed by atoms with Crippen LogP contribution in [0.5, 0.6) is 0 Å². The second kappa shape index (κ2) is 6.09. The molecule has 0 unspecified atom stereocenters. The van der Waals surface area contributed by atoms with Crippen LogP contribution in [0.4, 0.5) is 0 Å². The summed E-state index contributed by atoms with van der Waals surface area (Å²) in [5.41, 5.74) is 9.60. The molecule has 4 aromatic carbocycles. The van der Waals surface area contributed by atoms with E-state index < -0.39 is 0 Å². The van der Waals surface area contributed by atoms with Crippen LogP contribution in [0.3, 0.4) is 0 Å². The first-order chi connectivity index (χ1) is 14.2. The maximum absolute atomic E-state index is 2.46. The summed E-state index contributed by atoms with van der Waals surface area (Å²) in [4.78, 5) is 0. The van der Waals surface area contributed by atoms with Crippen LogP contribution in [0.2, 0.25) is 0 Å². The Morgan fingerprint density at radius 1 is 0.621 bits per heavy atom. The largest absolute Gasteiger partial charge is 0.338 e. The molecule has 6 rings (SSSR count). The Bertz CT molecular complexity index is 1340. The maximum Gasteiger partial charge on any atom is 0.0494 e. The lowest BCUT2D eigenvalue weighted by Crippen LogP contribution is -2.01. The number of nitrogens with zero attached hydrogens (tertiary/aromatic N) is 1. The normalized spacial score (nSPS) is 13.3. The minimum absolute atomic E-state index is 0.299. The van der Waals surface area contributed by atoms with E-state index in [2.05, 4.69) is 109 Å². The molecule has 0 aliphatic heterocycles. The molecule has 0 saturated heterocycles. The van der Waals surface area contributed by atoms with E-state index in [1.807, 2.05) is 0 Å². The lowest BCUT2D eigenvalue weighted by atomic mass is 9.88. The minimum atomic E-state index is 0.299. The lowest BCUT2D eigenvalue weighted by molar-refractivity contribution is 0.642. The quantitative estimate of drug-likeness (QED) is 0.295. The van der Waals surface area contributed by atoms with Crippen molar-refractivity contribution in [2.24, 2.45) is 0 Å². The molecule has 1 aliphatic rings. The Morgan fingerprint density at radius 3 is 1.90 bits per heavy atom. The average Bonchev–Trinajstić information content (AvgIpc) is 3.26. The summed E-state index contributed by atoms with van der Waals surface area (Å²) >= 11 is 0. The molecular formula is C28H23N. The minimum Gasteiger partial charge on any atom is -0.338 e. The van der Waals surface area contributed by atoms with Crippen LogP contribution in [0.1, 0.15) is 42.5 Å². The van der Waals surface area contributed by atoms with Crippen molar-refractivity contribution in [2.75, 3.05) is 0 Å². The molecule has 0 fully saturated rings. The lowest BCUT2D eigenvalue weighted by Gasteiger charge is -2.16. The van der Waals surface area contributed by atoms with Crippen molar-refractivity contribution in [1.82, 2.24) is 4.57 Å². The van der Waals surface area contributed by atoms with E-state index in [0.717, 1.165) is 0 Å². The van der Waals surface area contributed by atoms with Gasteiger partial charge in [0.15, 0.2) is 0 Å². The zero-order valence-corrected chi connectivity index (χ0v) is 16.8. The maximum atomic E-state index is 2.46. The predicted octanol–water partition coefficient (Wildman–Crippen LogP) is 7.54. The number of fused-ring (bicyclic) bond motifs is 6. The smallest absolute Gasteiger partial charge is 0.0494 e. The fourth-order valence-electron chi connectivity index (χ4n) is 5.27. The summed E-state index contributed by atoms with van der Waals surface area (Å²) in [5, 5.41) is 2.70. The van der Waals surface area contributed by atoms with Crippen LogP contribution in [0.25, 0.3) is 32.9 Å². The van der Waals surface area contributed by atoms with Gasteiger partial charge >= 0.3 is 0 Å². The number of benzene rings is 4. The molecule has 1 aromatic heterocycles. The first-order valence-corrected chi connectivity index (χ1v) is 10.4.